The third kappa shape index (κ3) is 39.9. The molecule has 0 aliphatic carbocycles. The normalized spacial score (nSPS) is 12.1. The maximum absolute atomic E-state index is 12.2. The Labute approximate surface area is 291 Å². The highest BCUT2D eigenvalue weighted by Gasteiger charge is 2.08. The molecule has 0 bridgehead atoms. The van der Waals surface area contributed by atoms with Crippen LogP contribution in [0.5, 0.6) is 0 Å². The molecule has 1 atom stereocenters. The molecule has 0 fully saturated rings. The van der Waals surface area contributed by atoms with Gasteiger partial charge in [-0.1, -0.05) is 180 Å². The highest BCUT2D eigenvalue weighted by atomic mass is 31.1. The summed E-state index contributed by atoms with van der Waals surface area (Å²) in [5.74, 6) is 0.514. The number of quaternary nitrogens is 1. The predicted molar refractivity (Wildman–Crippen MR) is 205 cm³/mol. The van der Waals surface area contributed by atoms with E-state index >= 15 is 0 Å². The van der Waals surface area contributed by atoms with Crippen molar-refractivity contribution < 1.29 is 18.6 Å². The van der Waals surface area contributed by atoms with Crippen molar-refractivity contribution in [2.75, 3.05) is 34.3 Å². The molecule has 5 heteroatoms. The molecule has 0 aromatic heterocycles. The SMILES string of the molecule is CCCCCCCCCCCCCCCC(=O)CCCCCCCCCCCCCCCCCCCC(=O)POCC[N+](C)(C)C. The summed E-state index contributed by atoms with van der Waals surface area (Å²) < 4.78 is 6.43. The number of hydrogen-bond donors (Lipinski definition) is 0. The summed E-state index contributed by atoms with van der Waals surface area (Å²) >= 11 is 0. The van der Waals surface area contributed by atoms with Crippen molar-refractivity contribution in [2.45, 2.75) is 219 Å². The Balaban J connectivity index is 3.20. The number of rotatable bonds is 39. The lowest BCUT2D eigenvalue weighted by Crippen LogP contribution is -2.37. The molecule has 4 nitrogen and oxygen atoms in total. The third-order valence-corrected chi connectivity index (χ3v) is 10.3. The molecule has 0 radical (unpaired) electrons. The summed E-state index contributed by atoms with van der Waals surface area (Å²) in [4.78, 5) is 24.1. The van der Waals surface area contributed by atoms with Crippen molar-refractivity contribution in [2.24, 2.45) is 0 Å². The molecule has 274 valence electrons. The third-order valence-electron chi connectivity index (χ3n) is 9.47. The van der Waals surface area contributed by atoms with Crippen molar-refractivity contribution >= 4 is 20.1 Å². The molecule has 0 aliphatic heterocycles. The lowest BCUT2D eigenvalue weighted by Gasteiger charge is -2.23. The molecule has 1 unspecified atom stereocenters. The number of carbonyl (C=O) groups is 2. The van der Waals surface area contributed by atoms with Gasteiger partial charge in [0.2, 0.25) is 0 Å². The molecule has 0 aliphatic rings. The molecule has 0 heterocycles. The second-order valence-corrected chi connectivity index (χ2v) is 16.5. The van der Waals surface area contributed by atoms with Crippen LogP contribution in [-0.2, 0) is 14.1 Å². The molecule has 46 heavy (non-hydrogen) atoms. The molecular formula is C41H83NO3P+. The Morgan fingerprint density at radius 2 is 0.717 bits per heavy atom. The van der Waals surface area contributed by atoms with E-state index in [2.05, 4.69) is 28.1 Å². The van der Waals surface area contributed by atoms with Crippen molar-refractivity contribution in [3.63, 3.8) is 0 Å². The molecule has 0 amide bonds. The van der Waals surface area contributed by atoms with Crippen molar-refractivity contribution in [1.82, 2.24) is 0 Å². The standard InChI is InChI=1S/C41H83NO3P/c1-5-6-7-8-9-10-11-17-20-23-26-29-32-35-40(43)36-33-30-27-24-21-18-15-13-12-14-16-19-22-25-28-31-34-37-41(44)46-45-39-38-42(2,3)4/h46H,5-39H2,1-4H3/q+1. The minimum absolute atomic E-state index is 0.0413. The zero-order chi connectivity index (χ0) is 33.8. The van der Waals surface area contributed by atoms with Crippen molar-refractivity contribution in [1.29, 1.82) is 0 Å². The van der Waals surface area contributed by atoms with E-state index < -0.39 is 0 Å². The number of nitrogens with zero attached hydrogens (tertiary/aromatic N) is 1. The fourth-order valence-corrected chi connectivity index (χ4v) is 6.86. The van der Waals surface area contributed by atoms with Gasteiger partial charge in [0.25, 0.3) is 0 Å². The van der Waals surface area contributed by atoms with Gasteiger partial charge in [-0.3, -0.25) is 9.59 Å². The Morgan fingerprint density at radius 3 is 1.02 bits per heavy atom. The van der Waals surface area contributed by atoms with Gasteiger partial charge in [-0.15, -0.1) is 0 Å². The number of ketones is 1. The second-order valence-electron chi connectivity index (χ2n) is 15.4. The van der Waals surface area contributed by atoms with Gasteiger partial charge in [0.05, 0.1) is 30.0 Å². The minimum atomic E-state index is 0.0413. The zero-order valence-electron chi connectivity index (χ0n) is 31.9. The van der Waals surface area contributed by atoms with Gasteiger partial charge in [-0.25, -0.2) is 0 Å². The first-order valence-corrected chi connectivity index (χ1v) is 21.5. The highest BCUT2D eigenvalue weighted by Crippen LogP contribution is 2.20. The van der Waals surface area contributed by atoms with Crippen LogP contribution in [0.15, 0.2) is 0 Å². The molecule has 0 saturated carbocycles. The van der Waals surface area contributed by atoms with Gasteiger partial charge in [-0.2, -0.15) is 0 Å². The number of carbonyl (C=O) groups excluding carboxylic acids is 2. The summed E-state index contributed by atoms with van der Waals surface area (Å²) in [6.45, 7) is 3.92. The maximum Gasteiger partial charge on any atom is 0.178 e. The van der Waals surface area contributed by atoms with E-state index in [1.54, 1.807) is 0 Å². The molecule has 0 aromatic rings. The Hall–Kier alpha value is -0.310. The first kappa shape index (κ1) is 45.7. The lowest BCUT2D eigenvalue weighted by atomic mass is 10.0. The van der Waals surface area contributed by atoms with Gasteiger partial charge in [0, 0.05) is 19.3 Å². The number of Topliss-reactive ketones (excluding diaryl/α,β-unsaturated/α-hetero) is 1. The second kappa shape index (κ2) is 36.0. The van der Waals surface area contributed by atoms with Crippen LogP contribution in [0.3, 0.4) is 0 Å². The van der Waals surface area contributed by atoms with Crippen LogP contribution in [0.1, 0.15) is 219 Å². The van der Waals surface area contributed by atoms with E-state index in [0.717, 1.165) is 43.1 Å². The van der Waals surface area contributed by atoms with Gasteiger partial charge < -0.3 is 9.01 Å². The summed E-state index contributed by atoms with van der Waals surface area (Å²) in [6, 6.07) is 0. The topological polar surface area (TPSA) is 43.4 Å². The van der Waals surface area contributed by atoms with Crippen LogP contribution in [0.4, 0.5) is 0 Å². The predicted octanol–water partition coefficient (Wildman–Crippen LogP) is 13.3. The zero-order valence-corrected chi connectivity index (χ0v) is 32.9. The monoisotopic (exact) mass is 669 g/mol. The van der Waals surface area contributed by atoms with E-state index in [9.17, 15) is 9.59 Å². The molecular weight excluding hydrogens is 585 g/mol. The lowest BCUT2D eigenvalue weighted by molar-refractivity contribution is -0.870. The Bertz CT molecular complexity index is 648. The van der Waals surface area contributed by atoms with Gasteiger partial charge in [0.1, 0.15) is 18.9 Å². The average Bonchev–Trinajstić information content (AvgIpc) is 3.02. The quantitative estimate of drug-likeness (QED) is 0.0372. The fraction of sp³-hybridized carbons (Fsp3) is 0.951. The van der Waals surface area contributed by atoms with E-state index in [1.807, 2.05) is 0 Å². The van der Waals surface area contributed by atoms with Gasteiger partial charge in [0.15, 0.2) is 5.52 Å². The smallest absolute Gasteiger partial charge is 0.178 e. The first-order chi connectivity index (χ1) is 22.3. The van der Waals surface area contributed by atoms with Crippen LogP contribution >= 0.6 is 8.81 Å². The molecule has 0 saturated heterocycles. The number of hydrogen-bond acceptors (Lipinski definition) is 3. The Morgan fingerprint density at radius 1 is 0.435 bits per heavy atom. The largest absolute Gasteiger partial charge is 0.349 e. The first-order valence-electron chi connectivity index (χ1n) is 20.6. The van der Waals surface area contributed by atoms with Crippen LogP contribution < -0.4 is 0 Å². The molecule has 0 spiro atoms. The summed E-state index contributed by atoms with van der Waals surface area (Å²) in [5.41, 5.74) is 0.292. The minimum Gasteiger partial charge on any atom is -0.349 e. The molecule has 0 N–H and O–H groups in total. The van der Waals surface area contributed by atoms with Crippen molar-refractivity contribution in [3.8, 4) is 0 Å². The van der Waals surface area contributed by atoms with Crippen LogP contribution in [-0.4, -0.2) is 50.1 Å². The van der Waals surface area contributed by atoms with E-state index in [4.69, 9.17) is 4.52 Å². The molecule has 0 aromatic carbocycles. The van der Waals surface area contributed by atoms with E-state index in [-0.39, 0.29) is 8.81 Å². The fourth-order valence-electron chi connectivity index (χ4n) is 6.23. The maximum atomic E-state index is 12.2. The van der Waals surface area contributed by atoms with E-state index in [0.29, 0.717) is 24.3 Å². The van der Waals surface area contributed by atoms with Crippen LogP contribution in [0, 0.1) is 0 Å². The van der Waals surface area contributed by atoms with Crippen LogP contribution in [0.25, 0.3) is 0 Å². The number of likely N-dealkylation sites (N-methyl/N-ethyl adjacent to an activating group) is 1. The van der Waals surface area contributed by atoms with Gasteiger partial charge >= 0.3 is 0 Å². The summed E-state index contributed by atoms with van der Waals surface area (Å²) in [6.07, 6.45) is 42.5. The van der Waals surface area contributed by atoms with Crippen LogP contribution in [0.2, 0.25) is 0 Å². The average molecular weight is 669 g/mol. The summed E-state index contributed by atoms with van der Waals surface area (Å²) in [5, 5.41) is 0. The van der Waals surface area contributed by atoms with Crippen molar-refractivity contribution in [3.05, 3.63) is 0 Å². The molecule has 0 rings (SSSR count). The highest BCUT2D eigenvalue weighted by molar-refractivity contribution is 7.53. The van der Waals surface area contributed by atoms with E-state index in [1.165, 1.54) is 173 Å². The summed E-state index contributed by atoms with van der Waals surface area (Å²) in [7, 11) is 6.48. The van der Waals surface area contributed by atoms with Gasteiger partial charge in [-0.05, 0) is 19.3 Å². The number of unbranched alkanes of at least 4 members (excludes halogenated alkanes) is 28. The Kier molecular flexibility index (Phi) is 35.7.